The Morgan fingerprint density at radius 3 is 2.39 bits per heavy atom. The van der Waals surface area contributed by atoms with Crippen molar-refractivity contribution in [2.45, 2.75) is 52.7 Å². The number of fused-ring (bicyclic) bond motifs is 1. The van der Waals surface area contributed by atoms with Gasteiger partial charge in [0, 0.05) is 68.5 Å². The number of aromatic nitrogens is 2. The standard InChI is InChI=1S/C31H41N5O5/c1-21(2)32-12-15-35(24-16-25(39-6)18-26(17-24)40-7)23-8-9-28-33-19-27(29(37)36(28)20-23)22-10-13-34(14-11-22)30(38)41-31(3,4)5/h8-10,16-21,32H,11-15H2,1-7H3. The maximum atomic E-state index is 13.8. The first kappa shape index (κ1) is 29.9. The number of benzene rings is 1. The fraction of sp³-hybridized carbons (Fsp3) is 0.452. The minimum atomic E-state index is -0.561. The summed E-state index contributed by atoms with van der Waals surface area (Å²) >= 11 is 0. The number of carbonyl (C=O) groups excluding carboxylic acids is 1. The van der Waals surface area contributed by atoms with E-state index < -0.39 is 5.60 Å². The van der Waals surface area contributed by atoms with Crippen LogP contribution in [0.5, 0.6) is 11.5 Å². The van der Waals surface area contributed by atoms with E-state index in [9.17, 15) is 9.59 Å². The Balaban J connectivity index is 1.68. The summed E-state index contributed by atoms with van der Waals surface area (Å²) in [5.41, 5.74) is 2.94. The lowest BCUT2D eigenvalue weighted by Gasteiger charge is -2.29. The molecule has 1 N–H and O–H groups in total. The first-order chi connectivity index (χ1) is 19.5. The molecule has 0 spiro atoms. The molecular formula is C31H41N5O5. The molecule has 10 nitrogen and oxygen atoms in total. The van der Waals surface area contributed by atoms with Crippen molar-refractivity contribution in [3.8, 4) is 11.5 Å². The highest BCUT2D eigenvalue weighted by Crippen LogP contribution is 2.33. The van der Waals surface area contributed by atoms with E-state index in [1.807, 2.05) is 63.4 Å². The zero-order valence-electron chi connectivity index (χ0n) is 25.1. The lowest BCUT2D eigenvalue weighted by molar-refractivity contribution is 0.0270. The average Bonchev–Trinajstić information content (AvgIpc) is 2.94. The molecule has 10 heteroatoms. The second-order valence-electron chi connectivity index (χ2n) is 11.3. The fourth-order valence-electron chi connectivity index (χ4n) is 4.67. The first-order valence-electron chi connectivity index (χ1n) is 13.9. The second-order valence-corrected chi connectivity index (χ2v) is 11.3. The van der Waals surface area contributed by atoms with Crippen molar-refractivity contribution < 1.29 is 19.0 Å². The molecule has 4 rings (SSSR count). The third-order valence-corrected chi connectivity index (χ3v) is 6.74. The molecule has 1 aliphatic rings. The van der Waals surface area contributed by atoms with Crippen LogP contribution in [0.15, 0.2) is 53.6 Å². The van der Waals surface area contributed by atoms with Gasteiger partial charge in [-0.1, -0.05) is 19.9 Å². The van der Waals surface area contributed by atoms with Gasteiger partial charge < -0.3 is 29.3 Å². The van der Waals surface area contributed by atoms with Crippen molar-refractivity contribution in [1.29, 1.82) is 0 Å². The number of hydrogen-bond donors (Lipinski definition) is 1. The van der Waals surface area contributed by atoms with E-state index in [4.69, 9.17) is 14.2 Å². The first-order valence-corrected chi connectivity index (χ1v) is 13.9. The molecular weight excluding hydrogens is 522 g/mol. The lowest BCUT2D eigenvalue weighted by atomic mass is 10.0. The number of hydrogen-bond acceptors (Lipinski definition) is 8. The molecule has 0 atom stereocenters. The van der Waals surface area contributed by atoms with Crippen molar-refractivity contribution >= 4 is 28.7 Å². The Morgan fingerprint density at radius 1 is 1.10 bits per heavy atom. The molecule has 3 aromatic rings. The van der Waals surface area contributed by atoms with Gasteiger partial charge in [0.2, 0.25) is 0 Å². The van der Waals surface area contributed by atoms with Crippen molar-refractivity contribution in [2.75, 3.05) is 45.3 Å². The van der Waals surface area contributed by atoms with Crippen LogP contribution in [-0.4, -0.2) is 72.4 Å². The number of nitrogens with zero attached hydrogens (tertiary/aromatic N) is 4. The molecule has 1 aromatic carbocycles. The molecule has 1 amide bonds. The van der Waals surface area contributed by atoms with Gasteiger partial charge in [-0.2, -0.15) is 0 Å². The summed E-state index contributed by atoms with van der Waals surface area (Å²) in [6.07, 6.45) is 5.55. The quantitative estimate of drug-likeness (QED) is 0.394. The molecule has 0 unspecified atom stereocenters. The summed E-state index contributed by atoms with van der Waals surface area (Å²) in [6, 6.07) is 9.86. The molecule has 0 aliphatic carbocycles. The van der Waals surface area contributed by atoms with Gasteiger partial charge in [-0.25, -0.2) is 9.78 Å². The fourth-order valence-corrected chi connectivity index (χ4v) is 4.67. The number of anilines is 2. The number of ether oxygens (including phenoxy) is 3. The van der Waals surface area contributed by atoms with E-state index in [0.717, 1.165) is 23.5 Å². The normalized spacial score (nSPS) is 13.8. The molecule has 0 saturated carbocycles. The molecule has 41 heavy (non-hydrogen) atoms. The van der Waals surface area contributed by atoms with Gasteiger partial charge in [0.15, 0.2) is 0 Å². The van der Waals surface area contributed by atoms with E-state index in [-0.39, 0.29) is 11.7 Å². The topological polar surface area (TPSA) is 97.6 Å². The van der Waals surface area contributed by atoms with Crippen LogP contribution in [0.25, 0.3) is 11.2 Å². The summed E-state index contributed by atoms with van der Waals surface area (Å²) < 4.78 is 18.1. The number of pyridine rings is 1. The summed E-state index contributed by atoms with van der Waals surface area (Å²) in [5.74, 6) is 1.35. The largest absolute Gasteiger partial charge is 0.497 e. The molecule has 3 heterocycles. The molecule has 0 bridgehead atoms. The highest BCUT2D eigenvalue weighted by molar-refractivity contribution is 5.73. The van der Waals surface area contributed by atoms with E-state index in [0.29, 0.717) is 54.8 Å². The van der Waals surface area contributed by atoms with Crippen LogP contribution in [0, 0.1) is 0 Å². The number of carbonyl (C=O) groups is 1. The maximum Gasteiger partial charge on any atom is 0.410 e. The Labute approximate surface area is 241 Å². The highest BCUT2D eigenvalue weighted by Gasteiger charge is 2.25. The van der Waals surface area contributed by atoms with Crippen LogP contribution in [0.2, 0.25) is 0 Å². The van der Waals surface area contributed by atoms with Gasteiger partial charge in [-0.15, -0.1) is 0 Å². The Kier molecular flexibility index (Phi) is 9.22. The Morgan fingerprint density at radius 2 is 1.80 bits per heavy atom. The molecule has 0 saturated heterocycles. The monoisotopic (exact) mass is 563 g/mol. The van der Waals surface area contributed by atoms with Gasteiger partial charge >= 0.3 is 6.09 Å². The highest BCUT2D eigenvalue weighted by atomic mass is 16.6. The molecule has 2 aromatic heterocycles. The Bertz CT molecular complexity index is 1450. The van der Waals surface area contributed by atoms with E-state index in [1.54, 1.807) is 29.7 Å². The summed E-state index contributed by atoms with van der Waals surface area (Å²) in [7, 11) is 3.25. The third-order valence-electron chi connectivity index (χ3n) is 6.74. The molecule has 1 aliphatic heterocycles. The van der Waals surface area contributed by atoms with Crippen molar-refractivity contribution in [2.24, 2.45) is 0 Å². The lowest BCUT2D eigenvalue weighted by Crippen LogP contribution is -2.39. The van der Waals surface area contributed by atoms with Crippen LogP contribution < -0.4 is 25.2 Å². The van der Waals surface area contributed by atoms with Crippen LogP contribution in [0.4, 0.5) is 16.2 Å². The zero-order chi connectivity index (χ0) is 29.7. The summed E-state index contributed by atoms with van der Waals surface area (Å²) in [5, 5.41) is 3.47. The maximum absolute atomic E-state index is 13.8. The predicted octanol–water partition coefficient (Wildman–Crippen LogP) is 4.87. The van der Waals surface area contributed by atoms with Crippen LogP contribution in [0.3, 0.4) is 0 Å². The van der Waals surface area contributed by atoms with Crippen LogP contribution in [-0.2, 0) is 4.74 Å². The van der Waals surface area contributed by atoms with Gasteiger partial charge in [0.05, 0.1) is 25.5 Å². The van der Waals surface area contributed by atoms with E-state index in [2.05, 4.69) is 29.0 Å². The second kappa shape index (κ2) is 12.6. The number of rotatable bonds is 9. The number of amides is 1. The summed E-state index contributed by atoms with van der Waals surface area (Å²) in [4.78, 5) is 34.6. The molecule has 0 fully saturated rings. The Hall–Kier alpha value is -4.05. The van der Waals surface area contributed by atoms with Crippen molar-refractivity contribution in [1.82, 2.24) is 19.6 Å². The average molecular weight is 564 g/mol. The smallest absolute Gasteiger partial charge is 0.410 e. The van der Waals surface area contributed by atoms with Gasteiger partial charge in [0.25, 0.3) is 5.56 Å². The minimum Gasteiger partial charge on any atom is -0.497 e. The number of methoxy groups -OCH3 is 2. The summed E-state index contributed by atoms with van der Waals surface area (Å²) in [6.45, 7) is 12.0. The van der Waals surface area contributed by atoms with Crippen LogP contribution >= 0.6 is 0 Å². The van der Waals surface area contributed by atoms with Crippen molar-refractivity contribution in [3.05, 3.63) is 64.7 Å². The predicted molar refractivity (Wildman–Crippen MR) is 162 cm³/mol. The van der Waals surface area contributed by atoms with E-state index >= 15 is 0 Å². The van der Waals surface area contributed by atoms with Gasteiger partial charge in [-0.3, -0.25) is 9.20 Å². The molecule has 220 valence electrons. The van der Waals surface area contributed by atoms with Gasteiger partial charge in [-0.05, 0) is 44.9 Å². The third kappa shape index (κ3) is 7.38. The van der Waals surface area contributed by atoms with E-state index in [1.165, 1.54) is 0 Å². The zero-order valence-corrected chi connectivity index (χ0v) is 25.1. The van der Waals surface area contributed by atoms with Crippen molar-refractivity contribution in [3.63, 3.8) is 0 Å². The van der Waals surface area contributed by atoms with Gasteiger partial charge in [0.1, 0.15) is 22.7 Å². The minimum absolute atomic E-state index is 0.155. The number of nitrogens with one attached hydrogen (secondary N) is 1. The molecule has 0 radical (unpaired) electrons. The van der Waals surface area contributed by atoms with Crippen LogP contribution in [0.1, 0.15) is 46.6 Å². The SMILES string of the molecule is COc1cc(OC)cc(N(CCNC(C)C)c2ccc3ncc(C4=CCN(C(=O)OC(C)(C)C)CC4)c(=O)n3c2)c1.